The van der Waals surface area contributed by atoms with Gasteiger partial charge in [0.15, 0.2) is 0 Å². The van der Waals surface area contributed by atoms with Gasteiger partial charge in [0.05, 0.1) is 11.4 Å². The van der Waals surface area contributed by atoms with Gasteiger partial charge < -0.3 is 16.5 Å². The van der Waals surface area contributed by atoms with Gasteiger partial charge in [0.25, 0.3) is 0 Å². The fourth-order valence-corrected chi connectivity index (χ4v) is 3.27. The standard InChI is InChI=1S/C23H21ClN4/c24-20-11-9-19(10-12-20)23-27-21(17-5-1-15(13-25)2-6-17)22(28-23)18-7-3-16(14-26)4-8-18/h1-12H,13-14,25-26H2,(H,27,28). The maximum atomic E-state index is 6.03. The fourth-order valence-electron chi connectivity index (χ4n) is 3.14. The summed E-state index contributed by atoms with van der Waals surface area (Å²) >= 11 is 6.03. The van der Waals surface area contributed by atoms with E-state index in [1.165, 1.54) is 0 Å². The van der Waals surface area contributed by atoms with Gasteiger partial charge in [-0.15, -0.1) is 0 Å². The minimum absolute atomic E-state index is 0.518. The number of benzene rings is 3. The third-order valence-corrected chi connectivity index (χ3v) is 5.01. The van der Waals surface area contributed by atoms with Gasteiger partial charge in [0.2, 0.25) is 0 Å². The number of nitrogens with one attached hydrogen (secondary N) is 1. The zero-order chi connectivity index (χ0) is 19.5. The van der Waals surface area contributed by atoms with Gasteiger partial charge in [-0.3, -0.25) is 0 Å². The van der Waals surface area contributed by atoms with Crippen molar-refractivity contribution in [1.82, 2.24) is 9.97 Å². The lowest BCUT2D eigenvalue weighted by atomic mass is 10.0. The number of nitrogens with zero attached hydrogens (tertiary/aromatic N) is 1. The first-order chi connectivity index (χ1) is 13.7. The van der Waals surface area contributed by atoms with Gasteiger partial charge in [-0.2, -0.15) is 0 Å². The van der Waals surface area contributed by atoms with Crippen molar-refractivity contribution < 1.29 is 0 Å². The molecule has 0 aliphatic heterocycles. The Morgan fingerprint density at radius 2 is 1.18 bits per heavy atom. The van der Waals surface area contributed by atoms with Crippen LogP contribution in [0.4, 0.5) is 0 Å². The molecule has 0 bridgehead atoms. The van der Waals surface area contributed by atoms with Gasteiger partial charge >= 0.3 is 0 Å². The van der Waals surface area contributed by atoms with Gasteiger partial charge in [-0.25, -0.2) is 4.98 Å². The molecule has 4 rings (SSSR count). The predicted molar refractivity (Wildman–Crippen MR) is 116 cm³/mol. The molecule has 4 aromatic rings. The SMILES string of the molecule is NCc1ccc(-c2nc(-c3ccc(Cl)cc3)[nH]c2-c2ccc(CN)cc2)cc1. The number of aromatic amines is 1. The topological polar surface area (TPSA) is 80.7 Å². The zero-order valence-electron chi connectivity index (χ0n) is 15.3. The largest absolute Gasteiger partial charge is 0.337 e. The maximum Gasteiger partial charge on any atom is 0.138 e. The van der Waals surface area contributed by atoms with Crippen LogP contribution in [-0.2, 0) is 13.1 Å². The third-order valence-electron chi connectivity index (χ3n) is 4.76. The van der Waals surface area contributed by atoms with Crippen LogP contribution in [0.2, 0.25) is 5.02 Å². The number of H-pyrrole nitrogens is 1. The van der Waals surface area contributed by atoms with E-state index in [1.807, 2.05) is 48.5 Å². The van der Waals surface area contributed by atoms with E-state index in [9.17, 15) is 0 Å². The van der Waals surface area contributed by atoms with Crippen molar-refractivity contribution in [3.05, 3.63) is 88.9 Å². The number of imidazole rings is 1. The molecule has 5 N–H and O–H groups in total. The second kappa shape index (κ2) is 7.98. The Labute approximate surface area is 169 Å². The number of rotatable bonds is 5. The number of hydrogen-bond donors (Lipinski definition) is 3. The summed E-state index contributed by atoms with van der Waals surface area (Å²) < 4.78 is 0. The molecule has 0 radical (unpaired) electrons. The van der Waals surface area contributed by atoms with Crippen LogP contribution in [0.25, 0.3) is 33.9 Å². The van der Waals surface area contributed by atoms with Gasteiger partial charge in [-0.1, -0.05) is 60.1 Å². The molecule has 0 atom stereocenters. The Hall–Kier alpha value is -2.92. The number of nitrogens with two attached hydrogens (primary N) is 2. The zero-order valence-corrected chi connectivity index (χ0v) is 16.1. The van der Waals surface area contributed by atoms with Crippen molar-refractivity contribution >= 4 is 11.6 Å². The van der Waals surface area contributed by atoms with Crippen LogP contribution in [0.15, 0.2) is 72.8 Å². The molecule has 0 saturated carbocycles. The van der Waals surface area contributed by atoms with Crippen molar-refractivity contribution in [2.45, 2.75) is 13.1 Å². The molecule has 0 saturated heterocycles. The van der Waals surface area contributed by atoms with Gasteiger partial charge in [0.1, 0.15) is 5.82 Å². The van der Waals surface area contributed by atoms with Crippen molar-refractivity contribution in [2.24, 2.45) is 11.5 Å². The van der Waals surface area contributed by atoms with Crippen molar-refractivity contribution in [1.29, 1.82) is 0 Å². The molecule has 140 valence electrons. The van der Waals surface area contributed by atoms with Crippen LogP contribution < -0.4 is 11.5 Å². The molecule has 0 spiro atoms. The van der Waals surface area contributed by atoms with E-state index in [-0.39, 0.29) is 0 Å². The molecule has 5 heteroatoms. The van der Waals surface area contributed by atoms with E-state index in [4.69, 9.17) is 28.1 Å². The Bertz CT molecular complexity index is 1000. The fraction of sp³-hybridized carbons (Fsp3) is 0.0870. The van der Waals surface area contributed by atoms with Crippen LogP contribution in [0, 0.1) is 0 Å². The second-order valence-corrected chi connectivity index (χ2v) is 7.05. The lowest BCUT2D eigenvalue weighted by Gasteiger charge is -2.05. The Kier molecular flexibility index (Phi) is 5.26. The highest BCUT2D eigenvalue weighted by molar-refractivity contribution is 6.30. The van der Waals surface area contributed by atoms with Crippen LogP contribution in [0.5, 0.6) is 0 Å². The summed E-state index contributed by atoms with van der Waals surface area (Å²) in [5.74, 6) is 0.799. The first kappa shape index (κ1) is 18.4. The Morgan fingerprint density at radius 1 is 0.679 bits per heavy atom. The molecule has 0 fully saturated rings. The molecular weight excluding hydrogens is 368 g/mol. The molecule has 1 aromatic heterocycles. The summed E-state index contributed by atoms with van der Waals surface area (Å²) in [7, 11) is 0. The molecule has 0 aliphatic rings. The molecule has 0 amide bonds. The number of hydrogen-bond acceptors (Lipinski definition) is 3. The van der Waals surface area contributed by atoms with E-state index in [0.717, 1.165) is 45.0 Å². The summed E-state index contributed by atoms with van der Waals surface area (Å²) in [6, 6.07) is 24.1. The van der Waals surface area contributed by atoms with Crippen molar-refractivity contribution in [2.75, 3.05) is 0 Å². The first-order valence-electron chi connectivity index (χ1n) is 9.12. The van der Waals surface area contributed by atoms with Crippen LogP contribution in [-0.4, -0.2) is 9.97 Å². The van der Waals surface area contributed by atoms with E-state index in [2.05, 4.69) is 29.2 Å². The molecule has 0 aliphatic carbocycles. The van der Waals surface area contributed by atoms with Crippen LogP contribution in [0.1, 0.15) is 11.1 Å². The molecular formula is C23H21ClN4. The molecule has 28 heavy (non-hydrogen) atoms. The van der Waals surface area contributed by atoms with Crippen molar-refractivity contribution in [3.8, 4) is 33.9 Å². The van der Waals surface area contributed by atoms with Gasteiger partial charge in [0, 0.05) is 34.8 Å². The lowest BCUT2D eigenvalue weighted by Crippen LogP contribution is -1.96. The summed E-state index contributed by atoms with van der Waals surface area (Å²) in [6.07, 6.45) is 0. The Balaban J connectivity index is 1.84. The van der Waals surface area contributed by atoms with E-state index in [1.54, 1.807) is 0 Å². The van der Waals surface area contributed by atoms with E-state index in [0.29, 0.717) is 18.1 Å². The highest BCUT2D eigenvalue weighted by Gasteiger charge is 2.15. The minimum atomic E-state index is 0.518. The monoisotopic (exact) mass is 388 g/mol. The summed E-state index contributed by atoms with van der Waals surface area (Å²) in [5, 5.41) is 0.700. The summed E-state index contributed by atoms with van der Waals surface area (Å²) in [6.45, 7) is 1.04. The molecule has 3 aromatic carbocycles. The predicted octanol–water partition coefficient (Wildman–Crippen LogP) is 4.98. The first-order valence-corrected chi connectivity index (χ1v) is 9.50. The molecule has 0 unspecified atom stereocenters. The van der Waals surface area contributed by atoms with Crippen molar-refractivity contribution in [3.63, 3.8) is 0 Å². The van der Waals surface area contributed by atoms with Crippen LogP contribution >= 0.6 is 11.6 Å². The highest BCUT2D eigenvalue weighted by Crippen LogP contribution is 2.33. The molecule has 1 heterocycles. The van der Waals surface area contributed by atoms with Gasteiger partial charge in [-0.05, 0) is 35.4 Å². The summed E-state index contributed by atoms with van der Waals surface area (Å²) in [4.78, 5) is 8.39. The summed E-state index contributed by atoms with van der Waals surface area (Å²) in [5.41, 5.74) is 18.6. The molecule has 4 nitrogen and oxygen atoms in total. The van der Waals surface area contributed by atoms with E-state index >= 15 is 0 Å². The smallest absolute Gasteiger partial charge is 0.138 e. The number of aromatic nitrogens is 2. The van der Waals surface area contributed by atoms with Crippen LogP contribution in [0.3, 0.4) is 0 Å². The third kappa shape index (κ3) is 3.71. The highest BCUT2D eigenvalue weighted by atomic mass is 35.5. The lowest BCUT2D eigenvalue weighted by molar-refractivity contribution is 1.07. The minimum Gasteiger partial charge on any atom is -0.337 e. The Morgan fingerprint density at radius 3 is 1.71 bits per heavy atom. The normalized spacial score (nSPS) is 11.0. The average Bonchev–Trinajstić information content (AvgIpc) is 3.20. The average molecular weight is 389 g/mol. The number of halogens is 1. The quantitative estimate of drug-likeness (QED) is 0.451. The van der Waals surface area contributed by atoms with E-state index < -0.39 is 0 Å². The maximum absolute atomic E-state index is 6.03. The second-order valence-electron chi connectivity index (χ2n) is 6.62.